The topological polar surface area (TPSA) is 64.3 Å². The number of nitrogens with one attached hydrogen (secondary N) is 1. The number of carbonyl (C=O) groups is 1. The number of anilines is 1. The van der Waals surface area contributed by atoms with Crippen molar-refractivity contribution in [2.24, 2.45) is 0 Å². The van der Waals surface area contributed by atoms with Crippen molar-refractivity contribution < 1.29 is 9.53 Å². The van der Waals surface area contributed by atoms with E-state index < -0.39 is 0 Å². The number of hydrogen-bond donors (Lipinski definition) is 2. The van der Waals surface area contributed by atoms with Crippen LogP contribution in [0.25, 0.3) is 0 Å². The predicted octanol–water partition coefficient (Wildman–Crippen LogP) is 3.15. The zero-order valence-corrected chi connectivity index (χ0v) is 13.3. The molecule has 0 radical (unpaired) electrons. The van der Waals surface area contributed by atoms with E-state index in [4.69, 9.17) is 10.5 Å². The fraction of sp³-hybridized carbons (Fsp3) is 0.188. The van der Waals surface area contributed by atoms with Gasteiger partial charge in [0.25, 0.3) is 5.91 Å². The maximum absolute atomic E-state index is 12.0. The third-order valence-electron chi connectivity index (χ3n) is 2.91. The fourth-order valence-electron chi connectivity index (χ4n) is 1.86. The van der Waals surface area contributed by atoms with Crippen LogP contribution in [-0.2, 0) is 0 Å². The van der Waals surface area contributed by atoms with Crippen molar-refractivity contribution in [3.05, 3.63) is 58.1 Å². The molecule has 0 fully saturated rings. The highest BCUT2D eigenvalue weighted by Crippen LogP contribution is 2.18. The molecule has 0 aromatic heterocycles. The number of nitrogens with two attached hydrogens (primary N) is 1. The lowest BCUT2D eigenvalue weighted by atomic mass is 10.1. The van der Waals surface area contributed by atoms with Crippen molar-refractivity contribution in [1.29, 1.82) is 0 Å². The SMILES string of the molecule is Cc1cccc(OCCNC(=O)c2cc(Br)ccc2N)c1. The second kappa shape index (κ2) is 7.13. The van der Waals surface area contributed by atoms with Crippen LogP contribution in [0.1, 0.15) is 15.9 Å². The minimum Gasteiger partial charge on any atom is -0.492 e. The van der Waals surface area contributed by atoms with Crippen LogP contribution in [0.15, 0.2) is 46.9 Å². The molecule has 0 aliphatic carbocycles. The Labute approximate surface area is 132 Å². The number of amides is 1. The van der Waals surface area contributed by atoms with E-state index >= 15 is 0 Å². The number of aryl methyl sites for hydroxylation is 1. The van der Waals surface area contributed by atoms with Gasteiger partial charge in [-0.15, -0.1) is 0 Å². The monoisotopic (exact) mass is 348 g/mol. The first-order valence-corrected chi connectivity index (χ1v) is 7.38. The molecule has 0 saturated carbocycles. The van der Waals surface area contributed by atoms with Crippen LogP contribution in [0, 0.1) is 6.92 Å². The van der Waals surface area contributed by atoms with E-state index in [1.807, 2.05) is 31.2 Å². The third kappa shape index (κ3) is 4.49. The number of rotatable bonds is 5. The first-order chi connectivity index (χ1) is 10.1. The largest absolute Gasteiger partial charge is 0.492 e. The van der Waals surface area contributed by atoms with Gasteiger partial charge >= 0.3 is 0 Å². The molecule has 21 heavy (non-hydrogen) atoms. The van der Waals surface area contributed by atoms with Gasteiger partial charge < -0.3 is 15.8 Å². The van der Waals surface area contributed by atoms with Crippen LogP contribution >= 0.6 is 15.9 Å². The van der Waals surface area contributed by atoms with E-state index in [0.29, 0.717) is 24.4 Å². The van der Waals surface area contributed by atoms with Gasteiger partial charge in [-0.1, -0.05) is 28.1 Å². The van der Waals surface area contributed by atoms with Crippen LogP contribution in [0.4, 0.5) is 5.69 Å². The van der Waals surface area contributed by atoms with E-state index in [2.05, 4.69) is 21.2 Å². The van der Waals surface area contributed by atoms with Gasteiger partial charge in [-0.2, -0.15) is 0 Å². The smallest absolute Gasteiger partial charge is 0.253 e. The molecule has 0 atom stereocenters. The molecular formula is C16H17BrN2O2. The van der Waals surface area contributed by atoms with Crippen molar-refractivity contribution in [1.82, 2.24) is 5.32 Å². The summed E-state index contributed by atoms with van der Waals surface area (Å²) in [4.78, 5) is 12.0. The van der Waals surface area contributed by atoms with Crippen LogP contribution in [0.2, 0.25) is 0 Å². The molecule has 1 amide bonds. The maximum atomic E-state index is 12.0. The molecule has 0 bridgehead atoms. The van der Waals surface area contributed by atoms with E-state index in [0.717, 1.165) is 15.8 Å². The lowest BCUT2D eigenvalue weighted by Crippen LogP contribution is -2.28. The Hall–Kier alpha value is -2.01. The average molecular weight is 349 g/mol. The van der Waals surface area contributed by atoms with Crippen molar-refractivity contribution in [3.8, 4) is 5.75 Å². The molecule has 0 saturated heterocycles. The molecule has 0 spiro atoms. The number of benzene rings is 2. The first-order valence-electron chi connectivity index (χ1n) is 6.59. The van der Waals surface area contributed by atoms with Crippen LogP contribution in [0.3, 0.4) is 0 Å². The molecule has 110 valence electrons. The molecule has 4 nitrogen and oxygen atoms in total. The number of carbonyl (C=O) groups excluding carboxylic acids is 1. The van der Waals surface area contributed by atoms with Gasteiger partial charge in [0.2, 0.25) is 0 Å². The van der Waals surface area contributed by atoms with E-state index in [-0.39, 0.29) is 5.91 Å². The summed E-state index contributed by atoms with van der Waals surface area (Å²) in [6, 6.07) is 13.0. The number of hydrogen-bond acceptors (Lipinski definition) is 3. The summed E-state index contributed by atoms with van der Waals surface area (Å²) in [7, 11) is 0. The maximum Gasteiger partial charge on any atom is 0.253 e. The van der Waals surface area contributed by atoms with Crippen LogP contribution in [-0.4, -0.2) is 19.1 Å². The summed E-state index contributed by atoms with van der Waals surface area (Å²) in [6.45, 7) is 2.83. The van der Waals surface area contributed by atoms with Gasteiger partial charge in [-0.3, -0.25) is 4.79 Å². The molecule has 0 heterocycles. The Kier molecular flexibility index (Phi) is 5.22. The summed E-state index contributed by atoms with van der Waals surface area (Å²) in [5.74, 6) is 0.591. The van der Waals surface area contributed by atoms with E-state index in [9.17, 15) is 4.79 Å². The van der Waals surface area contributed by atoms with Crippen molar-refractivity contribution in [2.45, 2.75) is 6.92 Å². The van der Waals surface area contributed by atoms with Gasteiger partial charge in [0, 0.05) is 10.2 Å². The highest BCUT2D eigenvalue weighted by molar-refractivity contribution is 9.10. The predicted molar refractivity (Wildman–Crippen MR) is 87.6 cm³/mol. The minimum absolute atomic E-state index is 0.207. The van der Waals surface area contributed by atoms with Gasteiger partial charge in [0.15, 0.2) is 0 Å². The molecule has 0 aliphatic rings. The number of halogens is 1. The average Bonchev–Trinajstić information content (AvgIpc) is 2.46. The Balaban J connectivity index is 1.83. The molecule has 2 aromatic carbocycles. The highest BCUT2D eigenvalue weighted by atomic mass is 79.9. The first kappa shape index (κ1) is 15.4. The summed E-state index contributed by atoms with van der Waals surface area (Å²) in [6.07, 6.45) is 0. The van der Waals surface area contributed by atoms with Crippen LogP contribution in [0.5, 0.6) is 5.75 Å². The van der Waals surface area contributed by atoms with Gasteiger partial charge in [0.1, 0.15) is 12.4 Å². The Morgan fingerprint density at radius 3 is 2.86 bits per heavy atom. The molecule has 0 aliphatic heterocycles. The zero-order valence-electron chi connectivity index (χ0n) is 11.7. The zero-order chi connectivity index (χ0) is 15.2. The van der Waals surface area contributed by atoms with Crippen molar-refractivity contribution in [3.63, 3.8) is 0 Å². The summed E-state index contributed by atoms with van der Waals surface area (Å²) < 4.78 is 6.39. The molecular weight excluding hydrogens is 332 g/mol. The normalized spacial score (nSPS) is 10.2. The standard InChI is InChI=1S/C16H17BrN2O2/c1-11-3-2-4-13(9-11)21-8-7-19-16(20)14-10-12(17)5-6-15(14)18/h2-6,9-10H,7-8,18H2,1H3,(H,19,20). The fourth-order valence-corrected chi connectivity index (χ4v) is 2.22. The third-order valence-corrected chi connectivity index (χ3v) is 3.40. The summed E-state index contributed by atoms with van der Waals surface area (Å²) in [5, 5.41) is 2.79. The number of ether oxygens (including phenoxy) is 1. The Morgan fingerprint density at radius 2 is 2.10 bits per heavy atom. The Morgan fingerprint density at radius 1 is 1.29 bits per heavy atom. The molecule has 2 aromatic rings. The van der Waals surface area contributed by atoms with Crippen LogP contribution < -0.4 is 15.8 Å². The molecule has 0 unspecified atom stereocenters. The van der Waals surface area contributed by atoms with Gasteiger partial charge in [0.05, 0.1) is 12.1 Å². The quantitative estimate of drug-likeness (QED) is 0.644. The number of nitrogen functional groups attached to an aromatic ring is 1. The lowest BCUT2D eigenvalue weighted by Gasteiger charge is -2.09. The van der Waals surface area contributed by atoms with Crippen molar-refractivity contribution >= 4 is 27.5 Å². The second-order valence-corrected chi connectivity index (χ2v) is 5.57. The van der Waals surface area contributed by atoms with Crippen molar-refractivity contribution in [2.75, 3.05) is 18.9 Å². The molecule has 5 heteroatoms. The van der Waals surface area contributed by atoms with E-state index in [1.165, 1.54) is 0 Å². The summed E-state index contributed by atoms with van der Waals surface area (Å²) >= 11 is 3.32. The Bertz CT molecular complexity index is 644. The minimum atomic E-state index is -0.207. The highest BCUT2D eigenvalue weighted by Gasteiger charge is 2.09. The van der Waals surface area contributed by atoms with E-state index in [1.54, 1.807) is 18.2 Å². The second-order valence-electron chi connectivity index (χ2n) is 4.65. The molecule has 3 N–H and O–H groups in total. The van der Waals surface area contributed by atoms with Gasteiger partial charge in [-0.05, 0) is 42.8 Å². The lowest BCUT2D eigenvalue weighted by molar-refractivity contribution is 0.0948. The van der Waals surface area contributed by atoms with Gasteiger partial charge in [-0.25, -0.2) is 0 Å². The summed E-state index contributed by atoms with van der Waals surface area (Å²) in [5.41, 5.74) is 7.84. The molecule has 2 rings (SSSR count).